The van der Waals surface area contributed by atoms with Gasteiger partial charge in [0.1, 0.15) is 11.7 Å². The van der Waals surface area contributed by atoms with E-state index in [4.69, 9.17) is 9.26 Å². The van der Waals surface area contributed by atoms with E-state index in [9.17, 15) is 14.7 Å². The predicted octanol–water partition coefficient (Wildman–Crippen LogP) is 1.95. The van der Waals surface area contributed by atoms with Crippen LogP contribution in [-0.2, 0) is 9.53 Å². The largest absolute Gasteiger partial charge is 0.480 e. The second-order valence-corrected chi connectivity index (χ2v) is 5.71. The van der Waals surface area contributed by atoms with Crippen LogP contribution < -0.4 is 5.32 Å². The summed E-state index contributed by atoms with van der Waals surface area (Å²) in [5.74, 6) is -1.95. The van der Waals surface area contributed by atoms with Crippen LogP contribution in [0.3, 0.4) is 0 Å². The maximum absolute atomic E-state index is 12.3. The summed E-state index contributed by atoms with van der Waals surface area (Å²) in [6.07, 6.45) is 1.48. The Morgan fingerprint density at radius 3 is 2.75 bits per heavy atom. The molecule has 2 unspecified atom stereocenters. The second kappa shape index (κ2) is 7.27. The molecule has 2 heterocycles. The lowest BCUT2D eigenvalue weighted by atomic mass is 9.93. The first-order chi connectivity index (χ1) is 11.6. The molecule has 1 aromatic heterocycles. The van der Waals surface area contributed by atoms with Crippen molar-refractivity contribution in [3.05, 3.63) is 42.2 Å². The van der Waals surface area contributed by atoms with Crippen LogP contribution >= 0.6 is 0 Å². The second-order valence-electron chi connectivity index (χ2n) is 5.71. The van der Waals surface area contributed by atoms with E-state index in [2.05, 4.69) is 10.5 Å². The predicted molar refractivity (Wildman–Crippen MR) is 84.4 cm³/mol. The first-order valence-electron chi connectivity index (χ1n) is 7.78. The third-order valence-corrected chi connectivity index (χ3v) is 4.02. The van der Waals surface area contributed by atoms with Gasteiger partial charge in [-0.2, -0.15) is 0 Å². The van der Waals surface area contributed by atoms with Crippen molar-refractivity contribution in [3.8, 4) is 11.3 Å². The van der Waals surface area contributed by atoms with Gasteiger partial charge in [-0.15, -0.1) is 0 Å². The van der Waals surface area contributed by atoms with Gasteiger partial charge in [-0.25, -0.2) is 4.79 Å². The van der Waals surface area contributed by atoms with Crippen LogP contribution in [0.15, 0.2) is 40.9 Å². The van der Waals surface area contributed by atoms with E-state index in [0.29, 0.717) is 25.3 Å². The lowest BCUT2D eigenvalue weighted by Gasteiger charge is -2.27. The van der Waals surface area contributed by atoms with Crippen molar-refractivity contribution < 1.29 is 24.0 Å². The molecule has 1 aromatic carbocycles. The van der Waals surface area contributed by atoms with E-state index in [0.717, 1.165) is 12.0 Å². The standard InChI is InChI=1S/C17H18N2O5/c20-16(18-15(17(21)22)12-7-4-8-23-10-12)14-9-13(19-24-14)11-5-2-1-3-6-11/h1-3,5-6,9,12,15H,4,7-8,10H2,(H,18,20)(H,21,22). The Morgan fingerprint density at radius 1 is 1.29 bits per heavy atom. The van der Waals surface area contributed by atoms with Crippen LogP contribution in [0.25, 0.3) is 11.3 Å². The molecule has 126 valence electrons. The molecule has 1 fully saturated rings. The minimum atomic E-state index is -1.08. The number of nitrogens with zero attached hydrogens (tertiary/aromatic N) is 1. The maximum atomic E-state index is 12.3. The monoisotopic (exact) mass is 330 g/mol. The highest BCUT2D eigenvalue weighted by atomic mass is 16.5. The van der Waals surface area contributed by atoms with Gasteiger partial charge >= 0.3 is 5.97 Å². The summed E-state index contributed by atoms with van der Waals surface area (Å²) in [5, 5.41) is 15.8. The Balaban J connectivity index is 1.71. The minimum absolute atomic E-state index is 0.0168. The van der Waals surface area contributed by atoms with Gasteiger partial charge in [0.15, 0.2) is 0 Å². The van der Waals surface area contributed by atoms with Crippen molar-refractivity contribution in [2.75, 3.05) is 13.2 Å². The molecule has 0 aliphatic carbocycles. The molecule has 1 aliphatic rings. The molecular weight excluding hydrogens is 312 g/mol. The number of aromatic nitrogens is 1. The summed E-state index contributed by atoms with van der Waals surface area (Å²) in [5.41, 5.74) is 1.34. The third-order valence-electron chi connectivity index (χ3n) is 4.02. The lowest BCUT2D eigenvalue weighted by Crippen LogP contribution is -2.48. The number of nitrogens with one attached hydrogen (secondary N) is 1. The molecule has 1 aliphatic heterocycles. The fraction of sp³-hybridized carbons (Fsp3) is 0.353. The molecular formula is C17H18N2O5. The number of hydrogen-bond acceptors (Lipinski definition) is 5. The molecule has 1 saturated heterocycles. The normalized spacial score (nSPS) is 18.8. The topological polar surface area (TPSA) is 102 Å². The quantitative estimate of drug-likeness (QED) is 0.869. The Bertz CT molecular complexity index is 707. The van der Waals surface area contributed by atoms with Crippen molar-refractivity contribution in [2.24, 2.45) is 5.92 Å². The van der Waals surface area contributed by atoms with Crippen molar-refractivity contribution in [1.29, 1.82) is 0 Å². The Kier molecular flexibility index (Phi) is 4.90. The molecule has 0 spiro atoms. The summed E-state index contributed by atoms with van der Waals surface area (Å²) >= 11 is 0. The maximum Gasteiger partial charge on any atom is 0.326 e. The average Bonchev–Trinajstić information content (AvgIpc) is 3.11. The van der Waals surface area contributed by atoms with Crippen LogP contribution in [0.5, 0.6) is 0 Å². The molecule has 2 N–H and O–H groups in total. The smallest absolute Gasteiger partial charge is 0.326 e. The molecule has 3 rings (SSSR count). The molecule has 1 amide bonds. The Hall–Kier alpha value is -2.67. The number of rotatable bonds is 5. The number of carbonyl (C=O) groups excluding carboxylic acids is 1. The highest BCUT2D eigenvalue weighted by molar-refractivity contribution is 5.95. The van der Waals surface area contributed by atoms with Crippen LogP contribution in [0.4, 0.5) is 0 Å². The van der Waals surface area contributed by atoms with Crippen molar-refractivity contribution in [2.45, 2.75) is 18.9 Å². The average molecular weight is 330 g/mol. The highest BCUT2D eigenvalue weighted by Gasteiger charge is 2.32. The van der Waals surface area contributed by atoms with Gasteiger partial charge in [-0.05, 0) is 12.8 Å². The fourth-order valence-electron chi connectivity index (χ4n) is 2.75. The number of benzene rings is 1. The Morgan fingerprint density at radius 2 is 2.08 bits per heavy atom. The van der Waals surface area contributed by atoms with Gasteiger partial charge in [-0.1, -0.05) is 35.5 Å². The van der Waals surface area contributed by atoms with E-state index in [1.807, 2.05) is 30.3 Å². The van der Waals surface area contributed by atoms with Crippen LogP contribution in [-0.4, -0.2) is 41.4 Å². The SMILES string of the molecule is O=C(NC(C(=O)O)C1CCCOC1)c1cc(-c2ccccc2)no1. The lowest BCUT2D eigenvalue weighted by molar-refractivity contribution is -0.142. The highest BCUT2D eigenvalue weighted by Crippen LogP contribution is 2.20. The van der Waals surface area contributed by atoms with E-state index < -0.39 is 17.9 Å². The molecule has 0 bridgehead atoms. The van der Waals surface area contributed by atoms with E-state index in [1.54, 1.807) is 0 Å². The summed E-state index contributed by atoms with van der Waals surface area (Å²) in [7, 11) is 0. The van der Waals surface area contributed by atoms with Crippen LogP contribution in [0.1, 0.15) is 23.4 Å². The number of carbonyl (C=O) groups is 2. The molecule has 24 heavy (non-hydrogen) atoms. The van der Waals surface area contributed by atoms with E-state index >= 15 is 0 Å². The molecule has 0 radical (unpaired) electrons. The van der Waals surface area contributed by atoms with E-state index in [1.165, 1.54) is 6.07 Å². The van der Waals surface area contributed by atoms with Gasteiger partial charge in [-0.3, -0.25) is 4.79 Å². The zero-order valence-electron chi connectivity index (χ0n) is 13.0. The zero-order valence-corrected chi connectivity index (χ0v) is 13.0. The number of hydrogen-bond donors (Lipinski definition) is 2. The van der Waals surface area contributed by atoms with Gasteiger partial charge in [0.25, 0.3) is 5.91 Å². The summed E-state index contributed by atoms with van der Waals surface area (Å²) in [6.45, 7) is 0.947. The molecule has 2 atom stereocenters. The van der Waals surface area contributed by atoms with Crippen LogP contribution in [0.2, 0.25) is 0 Å². The van der Waals surface area contributed by atoms with Gasteiger partial charge < -0.3 is 19.7 Å². The van der Waals surface area contributed by atoms with Gasteiger partial charge in [0.2, 0.25) is 5.76 Å². The van der Waals surface area contributed by atoms with Gasteiger partial charge in [0.05, 0.1) is 6.61 Å². The molecule has 0 saturated carbocycles. The van der Waals surface area contributed by atoms with Crippen molar-refractivity contribution >= 4 is 11.9 Å². The number of carboxylic acids is 1. The number of aliphatic carboxylic acids is 1. The Labute approximate surface area is 138 Å². The first-order valence-corrected chi connectivity index (χ1v) is 7.78. The molecule has 2 aromatic rings. The third kappa shape index (κ3) is 3.62. The first kappa shape index (κ1) is 16.2. The molecule has 7 nitrogen and oxygen atoms in total. The van der Waals surface area contributed by atoms with Gasteiger partial charge in [0, 0.05) is 24.2 Å². The van der Waals surface area contributed by atoms with E-state index in [-0.39, 0.29) is 11.7 Å². The summed E-state index contributed by atoms with van der Waals surface area (Å²) < 4.78 is 10.4. The molecule has 7 heteroatoms. The number of carboxylic acid groups (broad SMARTS) is 1. The van der Waals surface area contributed by atoms with Crippen molar-refractivity contribution in [3.63, 3.8) is 0 Å². The van der Waals surface area contributed by atoms with Crippen LogP contribution in [0, 0.1) is 5.92 Å². The zero-order chi connectivity index (χ0) is 16.9. The number of ether oxygens (including phenoxy) is 1. The summed E-state index contributed by atoms with van der Waals surface area (Å²) in [6, 6.07) is 9.77. The summed E-state index contributed by atoms with van der Waals surface area (Å²) in [4.78, 5) is 23.8. The fourth-order valence-corrected chi connectivity index (χ4v) is 2.75. The minimum Gasteiger partial charge on any atom is -0.480 e. The number of amides is 1. The van der Waals surface area contributed by atoms with Crippen molar-refractivity contribution in [1.82, 2.24) is 10.5 Å².